The Hall–Kier alpha value is -2.46. The lowest BCUT2D eigenvalue weighted by molar-refractivity contribution is 0.0502. The minimum Gasteiger partial charge on any atom is -0.461 e. The van der Waals surface area contributed by atoms with Crippen LogP contribution in [-0.2, 0) is 18.9 Å². The summed E-state index contributed by atoms with van der Waals surface area (Å²) in [7, 11) is 3.10. The second kappa shape index (κ2) is 12.0. The number of hydrogen-bond donors (Lipinski definition) is 2. The van der Waals surface area contributed by atoms with E-state index in [4.69, 9.17) is 18.9 Å². The molecule has 1 rings (SSSR count). The molecular weight excluding hydrogens is 344 g/mol. The molecule has 1 aromatic heterocycles. The normalized spacial score (nSPS) is 10.3. The van der Waals surface area contributed by atoms with Crippen LogP contribution in [0.15, 0.2) is 0 Å². The first-order valence-electron chi connectivity index (χ1n) is 8.30. The number of hydrogen-bond acceptors (Lipinski definition) is 10. The number of nitrogens with zero attached hydrogens (tertiary/aromatic N) is 2. The largest absolute Gasteiger partial charge is 0.461 e. The number of carbonyl (C=O) groups excluding carboxylic acids is 2. The zero-order valence-electron chi connectivity index (χ0n) is 15.6. The highest BCUT2D eigenvalue weighted by Crippen LogP contribution is 2.20. The maximum atomic E-state index is 12.2. The summed E-state index contributed by atoms with van der Waals surface area (Å²) < 4.78 is 20.0. The van der Waals surface area contributed by atoms with Crippen molar-refractivity contribution in [2.45, 2.75) is 13.8 Å². The monoisotopic (exact) mass is 370 g/mol. The number of aromatic nitrogens is 2. The first kappa shape index (κ1) is 21.6. The van der Waals surface area contributed by atoms with Crippen LogP contribution >= 0.6 is 0 Å². The van der Waals surface area contributed by atoms with E-state index in [0.29, 0.717) is 26.3 Å². The van der Waals surface area contributed by atoms with Crippen LogP contribution in [0.2, 0.25) is 0 Å². The summed E-state index contributed by atoms with van der Waals surface area (Å²) >= 11 is 0. The molecule has 0 unspecified atom stereocenters. The Bertz CT molecular complexity index is 545. The van der Waals surface area contributed by atoms with Gasteiger partial charge in [-0.2, -0.15) is 0 Å². The smallest absolute Gasteiger partial charge is 0.360 e. The topological polar surface area (TPSA) is 121 Å². The summed E-state index contributed by atoms with van der Waals surface area (Å²) in [6.07, 6.45) is 0. The highest BCUT2D eigenvalue weighted by atomic mass is 16.5. The van der Waals surface area contributed by atoms with Crippen LogP contribution in [0.4, 0.5) is 11.6 Å². The van der Waals surface area contributed by atoms with Gasteiger partial charge in [0.2, 0.25) is 0 Å². The summed E-state index contributed by atoms with van der Waals surface area (Å²) in [6.45, 7) is 5.25. The number of nitrogens with one attached hydrogen (secondary N) is 2. The molecule has 1 heterocycles. The molecule has 0 amide bonds. The average molecular weight is 370 g/mol. The van der Waals surface area contributed by atoms with Crippen LogP contribution in [0.25, 0.3) is 0 Å². The van der Waals surface area contributed by atoms with E-state index in [1.165, 1.54) is 0 Å². The maximum Gasteiger partial charge on any atom is 0.360 e. The van der Waals surface area contributed by atoms with E-state index >= 15 is 0 Å². The number of rotatable bonds is 12. The van der Waals surface area contributed by atoms with Gasteiger partial charge in [-0.1, -0.05) is 0 Å². The highest BCUT2D eigenvalue weighted by Gasteiger charge is 2.24. The zero-order chi connectivity index (χ0) is 19.4. The number of carbonyl (C=O) groups is 2. The molecule has 10 nitrogen and oxygen atoms in total. The van der Waals surface area contributed by atoms with Crippen molar-refractivity contribution >= 4 is 23.6 Å². The standard InChI is InChI=1S/C16H26N4O6/c1-5-25-15(21)11-13(17-7-9-23-3)20-12(16(22)26-6-2)14(19-11)18-8-10-24-4/h5-10H2,1-4H3,(H,18,19)(H,17,20). The molecule has 26 heavy (non-hydrogen) atoms. The van der Waals surface area contributed by atoms with Crippen molar-refractivity contribution in [1.29, 1.82) is 0 Å². The van der Waals surface area contributed by atoms with E-state index in [0.717, 1.165) is 0 Å². The fraction of sp³-hybridized carbons (Fsp3) is 0.625. The molecule has 1 aromatic rings. The molecule has 0 bridgehead atoms. The van der Waals surface area contributed by atoms with Crippen LogP contribution < -0.4 is 10.6 Å². The van der Waals surface area contributed by atoms with E-state index < -0.39 is 11.9 Å². The highest BCUT2D eigenvalue weighted by molar-refractivity contribution is 5.97. The molecule has 0 radical (unpaired) electrons. The molecule has 0 saturated carbocycles. The van der Waals surface area contributed by atoms with Crippen molar-refractivity contribution in [3.05, 3.63) is 11.4 Å². The van der Waals surface area contributed by atoms with E-state index in [1.807, 2.05) is 0 Å². The number of methoxy groups -OCH3 is 2. The molecule has 0 aromatic carbocycles. The average Bonchev–Trinajstić information content (AvgIpc) is 2.63. The van der Waals surface area contributed by atoms with Crippen molar-refractivity contribution in [3.8, 4) is 0 Å². The van der Waals surface area contributed by atoms with Crippen molar-refractivity contribution in [3.63, 3.8) is 0 Å². The van der Waals surface area contributed by atoms with Crippen LogP contribution in [0.5, 0.6) is 0 Å². The van der Waals surface area contributed by atoms with Crippen LogP contribution in [0, 0.1) is 0 Å². The molecule has 0 aliphatic rings. The Morgan fingerprint density at radius 3 is 1.50 bits per heavy atom. The molecular formula is C16H26N4O6. The summed E-state index contributed by atoms with van der Waals surface area (Å²) in [5.74, 6) is -1.04. The number of ether oxygens (including phenoxy) is 4. The number of esters is 2. The quantitative estimate of drug-likeness (QED) is 0.406. The van der Waals surface area contributed by atoms with Crippen LogP contribution in [0.3, 0.4) is 0 Å². The third kappa shape index (κ3) is 6.45. The molecule has 0 aliphatic heterocycles. The van der Waals surface area contributed by atoms with Gasteiger partial charge in [-0.25, -0.2) is 19.6 Å². The van der Waals surface area contributed by atoms with Gasteiger partial charge in [-0.05, 0) is 13.8 Å². The van der Waals surface area contributed by atoms with Gasteiger partial charge in [0.15, 0.2) is 23.0 Å². The van der Waals surface area contributed by atoms with Crippen molar-refractivity contribution in [2.24, 2.45) is 0 Å². The van der Waals surface area contributed by atoms with Crippen molar-refractivity contribution < 1.29 is 28.5 Å². The van der Waals surface area contributed by atoms with Gasteiger partial charge < -0.3 is 29.6 Å². The zero-order valence-corrected chi connectivity index (χ0v) is 15.6. The molecule has 2 N–H and O–H groups in total. The van der Waals surface area contributed by atoms with E-state index in [9.17, 15) is 9.59 Å². The lowest BCUT2D eigenvalue weighted by atomic mass is 10.3. The lowest BCUT2D eigenvalue weighted by Crippen LogP contribution is -2.22. The minimum atomic E-state index is -0.648. The molecule has 0 fully saturated rings. The van der Waals surface area contributed by atoms with Gasteiger partial charge in [0, 0.05) is 27.3 Å². The van der Waals surface area contributed by atoms with Gasteiger partial charge >= 0.3 is 11.9 Å². The Morgan fingerprint density at radius 2 is 1.19 bits per heavy atom. The molecule has 10 heteroatoms. The van der Waals surface area contributed by atoms with Gasteiger partial charge in [-0.3, -0.25) is 0 Å². The summed E-state index contributed by atoms with van der Waals surface area (Å²) in [5, 5.41) is 5.85. The summed E-state index contributed by atoms with van der Waals surface area (Å²) in [5.41, 5.74) is -0.0631. The first-order chi connectivity index (χ1) is 12.6. The van der Waals surface area contributed by atoms with Gasteiger partial charge in [0.25, 0.3) is 0 Å². The van der Waals surface area contributed by atoms with Crippen molar-refractivity contribution in [1.82, 2.24) is 9.97 Å². The van der Waals surface area contributed by atoms with E-state index in [-0.39, 0.29) is 36.2 Å². The molecule has 146 valence electrons. The number of anilines is 2. The summed E-state index contributed by atoms with van der Waals surface area (Å²) in [6, 6.07) is 0. The molecule has 0 aliphatic carbocycles. The predicted molar refractivity (Wildman–Crippen MR) is 94.7 cm³/mol. The predicted octanol–water partition coefficient (Wildman–Crippen LogP) is 0.947. The molecule has 0 atom stereocenters. The van der Waals surface area contributed by atoms with E-state index in [2.05, 4.69) is 20.6 Å². The van der Waals surface area contributed by atoms with Gasteiger partial charge in [0.05, 0.1) is 26.4 Å². The second-order valence-electron chi connectivity index (χ2n) is 4.90. The Balaban J connectivity index is 3.28. The third-order valence-corrected chi connectivity index (χ3v) is 3.03. The fourth-order valence-corrected chi connectivity index (χ4v) is 1.91. The SMILES string of the molecule is CCOC(=O)c1nc(NCCOC)c(C(=O)OCC)nc1NCCOC. The lowest BCUT2D eigenvalue weighted by Gasteiger charge is -2.15. The van der Waals surface area contributed by atoms with Gasteiger partial charge in [0.1, 0.15) is 0 Å². The second-order valence-corrected chi connectivity index (χ2v) is 4.90. The maximum absolute atomic E-state index is 12.2. The van der Waals surface area contributed by atoms with Crippen LogP contribution in [0.1, 0.15) is 34.8 Å². The van der Waals surface area contributed by atoms with Gasteiger partial charge in [-0.15, -0.1) is 0 Å². The molecule has 0 saturated heterocycles. The van der Waals surface area contributed by atoms with Crippen LogP contribution in [-0.4, -0.2) is 75.6 Å². The minimum absolute atomic E-state index is 0.0316. The third-order valence-electron chi connectivity index (χ3n) is 3.03. The molecule has 0 spiro atoms. The Labute approximate surface area is 152 Å². The first-order valence-corrected chi connectivity index (χ1v) is 8.30. The fourth-order valence-electron chi connectivity index (χ4n) is 1.91. The van der Waals surface area contributed by atoms with E-state index in [1.54, 1.807) is 28.1 Å². The summed E-state index contributed by atoms with van der Waals surface area (Å²) in [4.78, 5) is 32.9. The Morgan fingerprint density at radius 1 is 0.808 bits per heavy atom. The van der Waals surface area contributed by atoms with Crippen molar-refractivity contribution in [2.75, 3.05) is 64.4 Å². The Kier molecular flexibility index (Phi) is 9.95.